The number of hydrogen-bond donors (Lipinski definition) is 6. The molecule has 392 valence electrons. The summed E-state index contributed by atoms with van der Waals surface area (Å²) in [6.07, 6.45) is 10.5. The highest BCUT2D eigenvalue weighted by Crippen LogP contribution is 2.46. The van der Waals surface area contributed by atoms with E-state index in [1.807, 2.05) is 13.0 Å². The lowest BCUT2D eigenvalue weighted by atomic mass is 9.93. The summed E-state index contributed by atoms with van der Waals surface area (Å²) < 4.78 is 53.6. The second-order valence-electron chi connectivity index (χ2n) is 17.3. The Morgan fingerprint density at radius 3 is 1.34 bits per heavy atom. The molecule has 2 atom stereocenters. The summed E-state index contributed by atoms with van der Waals surface area (Å²) in [6.45, 7) is 13.3. The van der Waals surface area contributed by atoms with Gasteiger partial charge < -0.3 is 58.2 Å². The summed E-state index contributed by atoms with van der Waals surface area (Å²) in [7, 11) is -1.79. The van der Waals surface area contributed by atoms with Crippen LogP contribution in [-0.4, -0.2) is 102 Å². The Morgan fingerprint density at radius 2 is 1.04 bits per heavy atom. The summed E-state index contributed by atoms with van der Waals surface area (Å²) in [5, 5.41) is 40.3. The first-order valence-corrected chi connectivity index (χ1v) is 31.0. The van der Waals surface area contributed by atoms with Gasteiger partial charge in [-0.3, -0.25) is 18.7 Å². The molecule has 0 spiro atoms. The lowest BCUT2D eigenvalue weighted by Crippen LogP contribution is -2.13. The highest BCUT2D eigenvalue weighted by Gasteiger charge is 2.33. The van der Waals surface area contributed by atoms with Gasteiger partial charge in [-0.15, -0.1) is 15.3 Å². The van der Waals surface area contributed by atoms with Gasteiger partial charge in [-0.2, -0.15) is 0 Å². The number of aromatic hydroxyl groups is 2. The van der Waals surface area contributed by atoms with Crippen molar-refractivity contribution in [2.24, 2.45) is 11.8 Å². The lowest BCUT2D eigenvalue weighted by Gasteiger charge is -2.16. The van der Waals surface area contributed by atoms with Crippen molar-refractivity contribution in [1.82, 2.24) is 0 Å². The van der Waals surface area contributed by atoms with Crippen LogP contribution in [0.4, 0.5) is 0 Å². The van der Waals surface area contributed by atoms with E-state index in [1.165, 1.54) is 40.6 Å². The number of halogens is 1. The fraction of sp³-hybridized carbons (Fsp3) is 0.500. The number of cyclic esters (lactones) is 2. The number of carbonyl (C=O) groups excluding carboxylic acids is 2. The van der Waals surface area contributed by atoms with Crippen molar-refractivity contribution in [3.8, 4) is 23.0 Å². The first-order valence-electron chi connectivity index (χ1n) is 21.7. The maximum Gasteiger partial charge on any atom is 0.342 e. The molecule has 0 saturated heterocycles. The molecule has 2 aromatic rings. The Hall–Kier alpha value is -4.52. The van der Waals surface area contributed by atoms with Gasteiger partial charge in [0.2, 0.25) is 0 Å². The summed E-state index contributed by atoms with van der Waals surface area (Å²) in [5.41, 5.74) is 5.37. The van der Waals surface area contributed by atoms with Crippen LogP contribution in [0.3, 0.4) is 0 Å². The summed E-state index contributed by atoms with van der Waals surface area (Å²) in [6, 6.07) is 0. The number of carboxylic acids is 2. The molecule has 0 saturated carbocycles. The van der Waals surface area contributed by atoms with Crippen molar-refractivity contribution < 1.29 is 86.5 Å². The molecule has 0 aliphatic carbocycles. The molecule has 0 bridgehead atoms. The van der Waals surface area contributed by atoms with Gasteiger partial charge in [-0.05, 0) is 77.3 Å². The van der Waals surface area contributed by atoms with E-state index in [0.717, 1.165) is 16.7 Å². The Balaban J connectivity index is 0.000000630. The molecule has 70 heavy (non-hydrogen) atoms. The molecule has 0 amide bonds. The normalized spacial score (nSPS) is 14.6. The molecule has 2 aromatic carbocycles. The molecular formula is C48H71BrO18P2Si. The number of rotatable bonds is 22. The molecular weight excluding hydrogens is 1030 g/mol. The SMILES string of the molecule is C.COc1c(C)c2c(c(O)c1C/C=C(\C)CC(C/C=C/CP(=O)(O)O)C(=O)O)C(=O)OC2.COc1c(C)c2c(c(O)c1C/C=C(\C)CC(C/C=C/CP(=O)(OC)OC)C(=O)O)C(=O)OC2.C[Si](C)(C)Br. The van der Waals surface area contributed by atoms with Crippen molar-refractivity contribution in [3.05, 3.63) is 92.1 Å². The van der Waals surface area contributed by atoms with Gasteiger partial charge in [0.1, 0.15) is 54.0 Å². The van der Waals surface area contributed by atoms with E-state index in [1.54, 1.807) is 39.0 Å². The molecule has 2 heterocycles. The third-order valence-corrected chi connectivity index (χ3v) is 13.3. The number of aliphatic carboxylic acids is 2. The minimum absolute atomic E-state index is 0. The molecule has 4 rings (SSSR count). The highest BCUT2D eigenvalue weighted by molar-refractivity contribution is 9.26. The number of methoxy groups -OCH3 is 2. The van der Waals surface area contributed by atoms with Gasteiger partial charge in [-0.1, -0.05) is 74.7 Å². The zero-order chi connectivity index (χ0) is 52.6. The molecule has 0 radical (unpaired) electrons. The predicted octanol–water partition coefficient (Wildman–Crippen LogP) is 10.3. The summed E-state index contributed by atoms with van der Waals surface area (Å²) in [4.78, 5) is 64.9. The maximum atomic E-state index is 12.0. The first-order chi connectivity index (χ1) is 32.0. The second kappa shape index (κ2) is 28.5. The van der Waals surface area contributed by atoms with Crippen LogP contribution in [0.25, 0.3) is 0 Å². The fourth-order valence-electron chi connectivity index (χ4n) is 7.26. The van der Waals surface area contributed by atoms with Gasteiger partial charge in [0.05, 0.1) is 38.4 Å². The molecule has 18 nitrogen and oxygen atoms in total. The van der Waals surface area contributed by atoms with Gasteiger partial charge in [0, 0.05) is 36.5 Å². The monoisotopic (exact) mass is 1100 g/mol. The summed E-state index contributed by atoms with van der Waals surface area (Å²) in [5.74, 6) is -4.02. The average molecular weight is 1110 g/mol. The van der Waals surface area contributed by atoms with E-state index in [9.17, 15) is 48.7 Å². The number of carboxylic acid groups (broad SMARTS) is 2. The zero-order valence-corrected chi connectivity index (χ0v) is 45.4. The Labute approximate surface area is 420 Å². The van der Waals surface area contributed by atoms with Crippen LogP contribution < -0.4 is 9.47 Å². The highest BCUT2D eigenvalue weighted by atomic mass is 79.9. The van der Waals surface area contributed by atoms with E-state index in [-0.39, 0.29) is 88.0 Å². The van der Waals surface area contributed by atoms with Gasteiger partial charge in [0.15, 0.2) is 0 Å². The number of benzene rings is 2. The number of phenols is 2. The molecule has 6 N–H and O–H groups in total. The van der Waals surface area contributed by atoms with Crippen LogP contribution in [0.2, 0.25) is 19.6 Å². The average Bonchev–Trinajstić information content (AvgIpc) is 3.86. The predicted molar refractivity (Wildman–Crippen MR) is 273 cm³/mol. The maximum absolute atomic E-state index is 12.0. The minimum atomic E-state index is -4.16. The molecule has 22 heteroatoms. The summed E-state index contributed by atoms with van der Waals surface area (Å²) >= 11 is 3.51. The van der Waals surface area contributed by atoms with Crippen LogP contribution >= 0.6 is 30.5 Å². The third-order valence-electron chi connectivity index (χ3n) is 10.8. The Morgan fingerprint density at radius 1 is 0.700 bits per heavy atom. The van der Waals surface area contributed by atoms with Crippen molar-refractivity contribution in [2.75, 3.05) is 40.8 Å². The zero-order valence-electron chi connectivity index (χ0n) is 41.0. The number of fused-ring (bicyclic) bond motifs is 2. The Bertz CT molecular complexity index is 2400. The smallest absolute Gasteiger partial charge is 0.342 e. The van der Waals surface area contributed by atoms with Crippen molar-refractivity contribution >= 4 is 61.1 Å². The fourth-order valence-corrected chi connectivity index (χ4v) is 8.53. The number of ether oxygens (including phenoxy) is 4. The van der Waals surface area contributed by atoms with Crippen LogP contribution in [0.15, 0.2) is 47.6 Å². The lowest BCUT2D eigenvalue weighted by molar-refractivity contribution is -0.142. The third kappa shape index (κ3) is 19.2. The molecule has 2 unspecified atom stereocenters. The number of hydrogen-bond acceptors (Lipinski definition) is 14. The van der Waals surface area contributed by atoms with Crippen molar-refractivity contribution in [1.29, 1.82) is 0 Å². The minimum Gasteiger partial charge on any atom is -0.507 e. The molecule has 2 aliphatic heterocycles. The van der Waals surface area contributed by atoms with E-state index in [0.29, 0.717) is 39.3 Å². The van der Waals surface area contributed by atoms with Crippen LogP contribution in [0, 0.1) is 25.7 Å². The van der Waals surface area contributed by atoms with Crippen LogP contribution in [0.5, 0.6) is 23.0 Å². The number of phenolic OH excluding ortho intramolecular Hbond substituents is 2. The largest absolute Gasteiger partial charge is 0.507 e. The number of carbonyl (C=O) groups is 4. The molecule has 2 aliphatic rings. The van der Waals surface area contributed by atoms with E-state index in [4.69, 9.17) is 37.8 Å². The number of allylic oxidation sites excluding steroid dienone is 8. The quantitative estimate of drug-likeness (QED) is 0.0210. The molecule has 0 fully saturated rings. The van der Waals surface area contributed by atoms with Crippen LogP contribution in [0.1, 0.15) is 101 Å². The van der Waals surface area contributed by atoms with Gasteiger partial charge in [-0.25, -0.2) is 9.59 Å². The second-order valence-corrected chi connectivity index (χ2v) is 32.6. The van der Waals surface area contributed by atoms with Crippen LogP contribution in [-0.2, 0) is 63.3 Å². The number of esters is 2. The van der Waals surface area contributed by atoms with E-state index < -0.39 is 63.8 Å². The van der Waals surface area contributed by atoms with Gasteiger partial charge in [0.25, 0.3) is 0 Å². The van der Waals surface area contributed by atoms with E-state index in [2.05, 4.69) is 34.9 Å². The first kappa shape index (κ1) is 63.5. The van der Waals surface area contributed by atoms with E-state index >= 15 is 0 Å². The Kier molecular flexibility index (Phi) is 25.9. The van der Waals surface area contributed by atoms with Gasteiger partial charge >= 0.3 is 39.1 Å². The molecule has 0 aromatic heterocycles. The topological polar surface area (TPSA) is 279 Å². The van der Waals surface area contributed by atoms with Crippen molar-refractivity contribution in [2.45, 2.75) is 107 Å². The van der Waals surface area contributed by atoms with Crippen molar-refractivity contribution in [3.63, 3.8) is 0 Å². The standard InChI is InChI=1S/C23H31O9P.C21H27O9P.C3H9BrSi.CH4/c1-14(12-16(22(25)26)8-6-7-11-33(28,30-4)31-5)9-10-17-20(24)19-18(13-32-23(19)27)15(2)21(17)29-3;1-12(10-14(20(23)24)6-4-5-9-31(26,27)28)7-8-15-18(22)17-16(11-30-21(17)25)13(2)19(15)29-3;1-5(2,3)4;/h6-7,9,16,24H,8,10-13H2,1-5H3,(H,25,26);4-5,7,14,22H,6,8-11H2,1-3H3,(H,23,24)(H2,26,27,28);1-3H3;1H4/b7-6+,14-9+;5-4+,12-7+;;.